The van der Waals surface area contributed by atoms with E-state index >= 15 is 0 Å². The van der Waals surface area contributed by atoms with Gasteiger partial charge in [0.05, 0.1) is 24.0 Å². The van der Waals surface area contributed by atoms with Crippen LogP contribution < -0.4 is 4.90 Å². The highest BCUT2D eigenvalue weighted by Crippen LogP contribution is 2.26. The molecule has 0 aromatic carbocycles. The summed E-state index contributed by atoms with van der Waals surface area (Å²) in [4.78, 5) is 24.5. The Bertz CT molecular complexity index is 748. The minimum absolute atomic E-state index is 0.189. The lowest BCUT2D eigenvalue weighted by atomic mass is 9.92. The van der Waals surface area contributed by atoms with Gasteiger partial charge in [-0.1, -0.05) is 19.0 Å². The van der Waals surface area contributed by atoms with E-state index in [0.717, 1.165) is 24.5 Å². The Labute approximate surface area is 152 Å². The van der Waals surface area contributed by atoms with Crippen LogP contribution in [-0.4, -0.2) is 63.3 Å². The van der Waals surface area contributed by atoms with Crippen molar-refractivity contribution in [2.45, 2.75) is 38.2 Å². The lowest BCUT2D eigenvalue weighted by Gasteiger charge is -2.41. The van der Waals surface area contributed by atoms with Crippen LogP contribution in [0.25, 0.3) is 0 Å². The maximum absolute atomic E-state index is 12.6. The molecule has 0 radical (unpaired) electrons. The highest BCUT2D eigenvalue weighted by atomic mass is 16.5. The summed E-state index contributed by atoms with van der Waals surface area (Å²) in [6.45, 7) is 5.39. The molecule has 8 heteroatoms. The van der Waals surface area contributed by atoms with E-state index in [1.165, 1.54) is 4.90 Å². The van der Waals surface area contributed by atoms with E-state index in [1.54, 1.807) is 31.7 Å². The van der Waals surface area contributed by atoms with Crippen LogP contribution in [0.1, 0.15) is 48.9 Å². The number of likely N-dealkylation sites (N-methyl/N-ethyl adjacent to an activating group) is 1. The van der Waals surface area contributed by atoms with Crippen LogP contribution in [0.3, 0.4) is 0 Å². The molecule has 0 saturated carbocycles. The summed E-state index contributed by atoms with van der Waals surface area (Å²) in [5.41, 5.74) is -0.270. The fourth-order valence-corrected chi connectivity index (χ4v) is 3.25. The number of β-amino-alcohol motifs (C(OH)–C–C–N with tert-alkyl or cyclic N) is 1. The van der Waals surface area contributed by atoms with Gasteiger partial charge in [0.2, 0.25) is 5.76 Å². The Morgan fingerprint density at radius 1 is 1.46 bits per heavy atom. The van der Waals surface area contributed by atoms with Gasteiger partial charge in [0.15, 0.2) is 0 Å². The minimum Gasteiger partial charge on any atom is -0.386 e. The van der Waals surface area contributed by atoms with Gasteiger partial charge in [-0.3, -0.25) is 9.78 Å². The van der Waals surface area contributed by atoms with Crippen LogP contribution in [0.2, 0.25) is 0 Å². The number of amides is 1. The zero-order valence-electron chi connectivity index (χ0n) is 15.4. The third kappa shape index (κ3) is 4.01. The maximum atomic E-state index is 12.6. The molecule has 2 aromatic rings. The zero-order chi connectivity index (χ0) is 18.7. The molecule has 8 nitrogen and oxygen atoms in total. The molecule has 1 aliphatic heterocycles. The number of anilines is 1. The Balaban J connectivity index is 1.67. The lowest BCUT2D eigenvalue weighted by Crippen LogP contribution is -2.54. The minimum atomic E-state index is -1.01. The van der Waals surface area contributed by atoms with Gasteiger partial charge in [-0.15, -0.1) is 0 Å². The van der Waals surface area contributed by atoms with Crippen molar-refractivity contribution in [3.63, 3.8) is 0 Å². The normalized spacial score (nSPS) is 20.4. The quantitative estimate of drug-likeness (QED) is 0.868. The molecule has 1 amide bonds. The Morgan fingerprint density at radius 2 is 2.27 bits per heavy atom. The fourth-order valence-electron chi connectivity index (χ4n) is 3.25. The summed E-state index contributed by atoms with van der Waals surface area (Å²) in [5, 5.41) is 15.0. The van der Waals surface area contributed by atoms with Crippen molar-refractivity contribution >= 4 is 11.7 Å². The van der Waals surface area contributed by atoms with E-state index in [2.05, 4.69) is 15.1 Å². The topological polar surface area (TPSA) is 95.6 Å². The number of nitrogens with zero attached hydrogens (tertiary/aromatic N) is 5. The third-order valence-corrected chi connectivity index (χ3v) is 4.64. The molecular weight excluding hydrogens is 334 g/mol. The Morgan fingerprint density at radius 3 is 2.92 bits per heavy atom. The molecule has 0 bridgehead atoms. The van der Waals surface area contributed by atoms with Crippen LogP contribution in [0.5, 0.6) is 0 Å². The second-order valence-electron chi connectivity index (χ2n) is 7.25. The van der Waals surface area contributed by atoms with Crippen LogP contribution in [0.4, 0.5) is 5.82 Å². The monoisotopic (exact) mass is 359 g/mol. The SMILES string of the molecule is CC(C)c1cc(C(=O)N(C)C[C@]2(O)CCCN(c3cnccn3)C2)on1. The van der Waals surface area contributed by atoms with Gasteiger partial charge in [0, 0.05) is 38.6 Å². The summed E-state index contributed by atoms with van der Waals surface area (Å²) in [7, 11) is 1.67. The lowest BCUT2D eigenvalue weighted by molar-refractivity contribution is -0.00107. The van der Waals surface area contributed by atoms with Crippen LogP contribution >= 0.6 is 0 Å². The number of rotatable bonds is 5. The zero-order valence-corrected chi connectivity index (χ0v) is 15.4. The molecule has 140 valence electrons. The third-order valence-electron chi connectivity index (χ3n) is 4.64. The van der Waals surface area contributed by atoms with E-state index in [-0.39, 0.29) is 24.1 Å². The molecule has 3 heterocycles. The van der Waals surface area contributed by atoms with E-state index in [4.69, 9.17) is 4.52 Å². The molecule has 0 aliphatic carbocycles. The molecule has 0 unspecified atom stereocenters. The standard InChI is InChI=1S/C18H25N5O3/c1-13(2)14-9-15(26-21-14)17(24)22(3)11-18(25)5-4-8-23(12-18)16-10-19-6-7-20-16/h6-7,9-10,13,25H,4-5,8,11-12H2,1-3H3/t18-/m1/s1. The molecule has 3 rings (SSSR count). The smallest absolute Gasteiger partial charge is 0.292 e. The number of hydrogen-bond acceptors (Lipinski definition) is 7. The van der Waals surface area contributed by atoms with Crippen LogP contribution in [0.15, 0.2) is 29.2 Å². The first-order valence-corrected chi connectivity index (χ1v) is 8.83. The summed E-state index contributed by atoms with van der Waals surface area (Å²) >= 11 is 0. The van der Waals surface area contributed by atoms with E-state index in [0.29, 0.717) is 13.0 Å². The van der Waals surface area contributed by atoms with E-state index in [1.807, 2.05) is 18.7 Å². The van der Waals surface area contributed by atoms with Gasteiger partial charge < -0.3 is 19.4 Å². The fraction of sp³-hybridized carbons (Fsp3) is 0.556. The molecular formula is C18H25N5O3. The average Bonchev–Trinajstić information content (AvgIpc) is 3.12. The largest absolute Gasteiger partial charge is 0.386 e. The highest BCUT2D eigenvalue weighted by molar-refractivity contribution is 5.91. The predicted molar refractivity (Wildman–Crippen MR) is 96.0 cm³/mol. The second kappa shape index (κ2) is 7.41. The van der Waals surface area contributed by atoms with Gasteiger partial charge in [-0.2, -0.15) is 0 Å². The Hall–Kier alpha value is -2.48. The summed E-state index contributed by atoms with van der Waals surface area (Å²) in [6.07, 6.45) is 6.37. The number of piperidine rings is 1. The van der Waals surface area contributed by atoms with Crippen molar-refractivity contribution in [2.24, 2.45) is 0 Å². The van der Waals surface area contributed by atoms with E-state index in [9.17, 15) is 9.90 Å². The molecule has 26 heavy (non-hydrogen) atoms. The predicted octanol–water partition coefficient (Wildman–Crippen LogP) is 1.69. The van der Waals surface area contributed by atoms with Gasteiger partial charge in [0.25, 0.3) is 5.91 Å². The van der Waals surface area contributed by atoms with Crippen molar-refractivity contribution in [1.29, 1.82) is 0 Å². The molecule has 0 spiro atoms. The highest BCUT2D eigenvalue weighted by Gasteiger charge is 2.36. The summed E-state index contributed by atoms with van der Waals surface area (Å²) < 4.78 is 5.17. The first-order valence-electron chi connectivity index (χ1n) is 8.83. The number of aromatic nitrogens is 3. The molecule has 2 aromatic heterocycles. The van der Waals surface area contributed by atoms with Gasteiger partial charge >= 0.3 is 0 Å². The number of carbonyl (C=O) groups is 1. The molecule has 1 N–H and O–H groups in total. The van der Waals surface area contributed by atoms with Gasteiger partial charge in [0.1, 0.15) is 5.82 Å². The van der Waals surface area contributed by atoms with Crippen molar-refractivity contribution in [1.82, 2.24) is 20.0 Å². The van der Waals surface area contributed by atoms with Crippen molar-refractivity contribution in [2.75, 3.05) is 31.6 Å². The molecule has 1 aliphatic rings. The van der Waals surface area contributed by atoms with E-state index < -0.39 is 5.60 Å². The Kier molecular flexibility index (Phi) is 5.22. The number of aliphatic hydroxyl groups is 1. The van der Waals surface area contributed by atoms with Crippen molar-refractivity contribution in [3.05, 3.63) is 36.1 Å². The second-order valence-corrected chi connectivity index (χ2v) is 7.25. The first kappa shape index (κ1) is 18.3. The molecule has 1 fully saturated rings. The summed E-state index contributed by atoms with van der Waals surface area (Å²) in [6, 6.07) is 1.67. The maximum Gasteiger partial charge on any atom is 0.292 e. The van der Waals surface area contributed by atoms with Gasteiger partial charge in [-0.25, -0.2) is 4.98 Å². The van der Waals surface area contributed by atoms with Crippen molar-refractivity contribution < 1.29 is 14.4 Å². The van der Waals surface area contributed by atoms with Crippen molar-refractivity contribution in [3.8, 4) is 0 Å². The number of hydrogen-bond donors (Lipinski definition) is 1. The molecule has 1 atom stereocenters. The van der Waals surface area contributed by atoms with Gasteiger partial charge in [-0.05, 0) is 18.8 Å². The molecule has 1 saturated heterocycles. The number of carbonyl (C=O) groups excluding carboxylic acids is 1. The first-order chi connectivity index (χ1) is 12.4. The van der Waals surface area contributed by atoms with Crippen LogP contribution in [-0.2, 0) is 0 Å². The van der Waals surface area contributed by atoms with Crippen LogP contribution in [0, 0.1) is 0 Å². The average molecular weight is 359 g/mol. The summed E-state index contributed by atoms with van der Waals surface area (Å²) in [5.74, 6) is 0.834.